The van der Waals surface area contributed by atoms with E-state index in [1.807, 2.05) is 6.07 Å². The van der Waals surface area contributed by atoms with E-state index in [2.05, 4.69) is 29.5 Å². The van der Waals surface area contributed by atoms with Crippen LogP contribution in [0.25, 0.3) is 0 Å². The molecule has 0 unspecified atom stereocenters. The highest BCUT2D eigenvalue weighted by Crippen LogP contribution is 2.23. The predicted molar refractivity (Wildman–Crippen MR) is 102 cm³/mol. The Morgan fingerprint density at radius 3 is 2.40 bits per heavy atom. The molecule has 0 amide bonds. The lowest BCUT2D eigenvalue weighted by molar-refractivity contribution is 0.273. The summed E-state index contributed by atoms with van der Waals surface area (Å²) in [7, 11) is -1.59. The van der Waals surface area contributed by atoms with Gasteiger partial charge in [-0.15, -0.1) is 0 Å². The molecule has 2 rings (SSSR count). The number of nitrogens with one attached hydrogen (secondary N) is 2. The fraction of sp³-hybridized carbons (Fsp3) is 0.611. The molecule has 140 valence electrons. The molecule has 0 atom stereocenters. The van der Waals surface area contributed by atoms with Gasteiger partial charge in [-0.25, -0.2) is 8.42 Å². The highest BCUT2D eigenvalue weighted by atomic mass is 32.2. The highest BCUT2D eigenvalue weighted by Gasteiger charge is 2.29. The third-order valence-electron chi connectivity index (χ3n) is 4.41. The molecule has 0 bridgehead atoms. The van der Waals surface area contributed by atoms with Gasteiger partial charge in [-0.05, 0) is 36.8 Å². The zero-order chi connectivity index (χ0) is 18.3. The van der Waals surface area contributed by atoms with Crippen LogP contribution in [0.5, 0.6) is 0 Å². The number of piperidine rings is 1. The van der Waals surface area contributed by atoms with E-state index in [4.69, 9.17) is 0 Å². The van der Waals surface area contributed by atoms with Crippen molar-refractivity contribution in [2.45, 2.75) is 31.6 Å². The highest BCUT2D eigenvalue weighted by molar-refractivity contribution is 7.89. The van der Waals surface area contributed by atoms with Crippen LogP contribution in [0, 0.1) is 11.8 Å². The molecule has 7 heteroatoms. The van der Waals surface area contributed by atoms with E-state index in [9.17, 15) is 8.42 Å². The Kier molecular flexibility index (Phi) is 7.25. The summed E-state index contributed by atoms with van der Waals surface area (Å²) in [6, 6.07) is 8.68. The van der Waals surface area contributed by atoms with Crippen LogP contribution < -0.4 is 10.6 Å². The van der Waals surface area contributed by atoms with Gasteiger partial charge in [-0.1, -0.05) is 32.0 Å². The molecule has 0 spiro atoms. The molecule has 6 nitrogen and oxygen atoms in total. The van der Waals surface area contributed by atoms with Gasteiger partial charge in [-0.2, -0.15) is 4.31 Å². The van der Waals surface area contributed by atoms with Crippen LogP contribution in [0.1, 0.15) is 26.7 Å². The van der Waals surface area contributed by atoms with E-state index in [-0.39, 0.29) is 0 Å². The molecule has 2 N–H and O–H groups in total. The van der Waals surface area contributed by atoms with Crippen LogP contribution in [0.2, 0.25) is 0 Å². The number of guanidine groups is 1. The summed E-state index contributed by atoms with van der Waals surface area (Å²) < 4.78 is 26.9. The maximum absolute atomic E-state index is 12.6. The lowest BCUT2D eigenvalue weighted by Crippen LogP contribution is -2.44. The maximum Gasteiger partial charge on any atom is 0.243 e. The van der Waals surface area contributed by atoms with Crippen molar-refractivity contribution in [2.24, 2.45) is 16.8 Å². The topological polar surface area (TPSA) is 73.8 Å². The first-order chi connectivity index (χ1) is 11.9. The van der Waals surface area contributed by atoms with E-state index >= 15 is 0 Å². The van der Waals surface area contributed by atoms with Gasteiger partial charge < -0.3 is 10.6 Å². The average molecular weight is 367 g/mol. The van der Waals surface area contributed by atoms with Crippen molar-refractivity contribution in [3.63, 3.8) is 0 Å². The van der Waals surface area contributed by atoms with Gasteiger partial charge in [0.1, 0.15) is 0 Å². The Balaban J connectivity index is 1.82. The molecule has 0 radical (unpaired) electrons. The van der Waals surface area contributed by atoms with E-state index in [1.165, 1.54) is 0 Å². The Morgan fingerprint density at radius 1 is 1.20 bits per heavy atom. The number of nitrogens with zero attached hydrogens (tertiary/aromatic N) is 2. The summed E-state index contributed by atoms with van der Waals surface area (Å²) in [5.74, 6) is 1.83. The number of aliphatic imine (C=N–C) groups is 1. The molecule has 1 heterocycles. The maximum atomic E-state index is 12.6. The number of hydrogen-bond donors (Lipinski definition) is 2. The fourth-order valence-electron chi connectivity index (χ4n) is 2.86. The van der Waals surface area contributed by atoms with Gasteiger partial charge in [0.15, 0.2) is 5.96 Å². The first kappa shape index (κ1) is 19.7. The number of rotatable bonds is 6. The SMILES string of the molecule is CN=C(NCC(C)C)NCC1CCN(S(=O)(=O)c2ccccc2)CC1. The van der Waals surface area contributed by atoms with Crippen molar-refractivity contribution in [3.8, 4) is 0 Å². The first-order valence-electron chi connectivity index (χ1n) is 8.93. The van der Waals surface area contributed by atoms with E-state index < -0.39 is 10.0 Å². The van der Waals surface area contributed by atoms with Crippen LogP contribution >= 0.6 is 0 Å². The Bertz CT molecular complexity index is 651. The van der Waals surface area contributed by atoms with Crippen molar-refractivity contribution in [2.75, 3.05) is 33.2 Å². The van der Waals surface area contributed by atoms with Crippen LogP contribution in [-0.4, -0.2) is 51.9 Å². The van der Waals surface area contributed by atoms with Gasteiger partial charge in [0.25, 0.3) is 0 Å². The molecule has 1 aromatic carbocycles. The van der Waals surface area contributed by atoms with Gasteiger partial charge >= 0.3 is 0 Å². The molecule has 1 fully saturated rings. The summed E-state index contributed by atoms with van der Waals surface area (Å²) >= 11 is 0. The largest absolute Gasteiger partial charge is 0.356 e. The smallest absolute Gasteiger partial charge is 0.243 e. The molecule has 1 aliphatic rings. The lowest BCUT2D eigenvalue weighted by Gasteiger charge is -2.31. The second-order valence-electron chi connectivity index (χ2n) is 6.89. The van der Waals surface area contributed by atoms with E-state index in [0.29, 0.717) is 29.8 Å². The average Bonchev–Trinajstić information content (AvgIpc) is 2.63. The van der Waals surface area contributed by atoms with Crippen molar-refractivity contribution in [1.29, 1.82) is 0 Å². The monoisotopic (exact) mass is 366 g/mol. The Labute approximate surface area is 151 Å². The predicted octanol–water partition coefficient (Wildman–Crippen LogP) is 1.91. The molecule has 1 aliphatic heterocycles. The van der Waals surface area contributed by atoms with Crippen LogP contribution in [0.15, 0.2) is 40.2 Å². The second-order valence-corrected chi connectivity index (χ2v) is 8.83. The third-order valence-corrected chi connectivity index (χ3v) is 6.33. The van der Waals surface area contributed by atoms with Gasteiger partial charge in [0.05, 0.1) is 4.90 Å². The fourth-order valence-corrected chi connectivity index (χ4v) is 4.35. The summed E-state index contributed by atoms with van der Waals surface area (Å²) in [4.78, 5) is 4.61. The minimum atomic E-state index is -3.36. The minimum absolute atomic E-state index is 0.380. The quantitative estimate of drug-likeness (QED) is 0.596. The second kappa shape index (κ2) is 9.20. The third kappa shape index (κ3) is 5.71. The molecule has 25 heavy (non-hydrogen) atoms. The molecule has 0 aliphatic carbocycles. The molecule has 1 aromatic rings. The van der Waals surface area contributed by atoms with Crippen LogP contribution in [0.3, 0.4) is 0 Å². The van der Waals surface area contributed by atoms with Gasteiger partial charge in [-0.3, -0.25) is 4.99 Å². The van der Waals surface area contributed by atoms with E-state index in [1.54, 1.807) is 35.6 Å². The normalized spacial score (nSPS) is 17.7. The van der Waals surface area contributed by atoms with Crippen molar-refractivity contribution < 1.29 is 8.42 Å². The number of hydrogen-bond acceptors (Lipinski definition) is 3. The first-order valence-corrected chi connectivity index (χ1v) is 10.4. The Morgan fingerprint density at radius 2 is 1.84 bits per heavy atom. The van der Waals surface area contributed by atoms with Crippen molar-refractivity contribution in [1.82, 2.24) is 14.9 Å². The molecule has 1 saturated heterocycles. The molecule has 0 saturated carbocycles. The van der Waals surface area contributed by atoms with E-state index in [0.717, 1.165) is 31.9 Å². The number of benzene rings is 1. The molecular weight excluding hydrogens is 336 g/mol. The van der Waals surface area contributed by atoms with Crippen LogP contribution in [-0.2, 0) is 10.0 Å². The minimum Gasteiger partial charge on any atom is -0.356 e. The van der Waals surface area contributed by atoms with Crippen LogP contribution in [0.4, 0.5) is 0 Å². The van der Waals surface area contributed by atoms with Crippen molar-refractivity contribution >= 4 is 16.0 Å². The van der Waals surface area contributed by atoms with Crippen molar-refractivity contribution in [3.05, 3.63) is 30.3 Å². The summed E-state index contributed by atoms with van der Waals surface area (Å²) in [5.41, 5.74) is 0. The lowest BCUT2D eigenvalue weighted by atomic mass is 9.98. The standard InChI is InChI=1S/C18H30N4O2S/c1-15(2)13-20-18(19-3)21-14-16-9-11-22(12-10-16)25(23,24)17-7-5-4-6-8-17/h4-8,15-16H,9-14H2,1-3H3,(H2,19,20,21). The van der Waals surface area contributed by atoms with Gasteiger partial charge in [0.2, 0.25) is 10.0 Å². The summed E-state index contributed by atoms with van der Waals surface area (Å²) in [6.07, 6.45) is 1.72. The molecular formula is C18H30N4O2S. The number of sulfonamides is 1. The zero-order valence-corrected chi connectivity index (χ0v) is 16.2. The van der Waals surface area contributed by atoms with Gasteiger partial charge in [0, 0.05) is 33.2 Å². The Hall–Kier alpha value is -1.60. The zero-order valence-electron chi connectivity index (χ0n) is 15.4. The molecule has 0 aromatic heterocycles. The summed E-state index contributed by atoms with van der Waals surface area (Å²) in [5, 5.41) is 6.65. The summed E-state index contributed by atoms with van der Waals surface area (Å²) in [6.45, 7) is 7.15.